The monoisotopic (exact) mass is 653 g/mol. The lowest BCUT2D eigenvalue weighted by atomic mass is 10.3. The number of hydrogen-bond acceptors (Lipinski definition) is 13. The molecule has 0 bridgehead atoms. The summed E-state index contributed by atoms with van der Waals surface area (Å²) in [6.07, 6.45) is -0.395. The standard InChI is InChI=1S/C4H8N2O3.C4H5NO3.C4H6O4.C2H5NO2.C2H4O2.3CH4.H3NO.4H2O/c5-3(7)1-2-4(8)6-9;6-3-1-2-4(7)5(3)8;5-3(6)1-2-4(7)8;1-2(4)3-5;1-2(3)4;;;;1-2;;;;/h9H,1-2H2,(H2,5,7)(H,6,8);8H,1-2H2;1-2H2,(H,5,6)(H,7,8);5H,1H3,(H,3,4);1H3,(H,3,4);3*1H4;2H,1H2;4*1H2. The maximum atomic E-state index is 10.2. The van der Waals surface area contributed by atoms with Crippen LogP contribution in [0.2, 0.25) is 0 Å². The minimum atomic E-state index is -1.08. The summed E-state index contributed by atoms with van der Waals surface area (Å²) in [6.45, 7) is 2.31. The third-order valence-corrected chi connectivity index (χ3v) is 2.46. The number of imide groups is 1. The number of nitrogens with zero attached hydrogens (tertiary/aromatic N) is 1. The lowest BCUT2D eigenvalue weighted by Gasteiger charge is -1.98. The molecular weight excluding hydrogens is 602 g/mol. The van der Waals surface area contributed by atoms with Crippen LogP contribution in [-0.4, -0.2) is 111 Å². The minimum absolute atomic E-state index is 0. The Labute approximate surface area is 246 Å². The Hall–Kier alpha value is -4.40. The summed E-state index contributed by atoms with van der Waals surface area (Å²) in [5.41, 5.74) is 7.46. The molecule has 0 saturated carbocycles. The largest absolute Gasteiger partial charge is 0.481 e. The maximum Gasteiger partial charge on any atom is 0.303 e. The third kappa shape index (κ3) is 93.3. The normalized spacial score (nSPS) is 8.67. The average Bonchev–Trinajstić information content (AvgIpc) is 3.09. The number of nitrogens with two attached hydrogens (primary N) is 2. The van der Waals surface area contributed by atoms with Crippen molar-refractivity contribution in [2.45, 2.75) is 74.7 Å². The molecule has 24 nitrogen and oxygen atoms in total. The average molecular weight is 654 g/mol. The van der Waals surface area contributed by atoms with Gasteiger partial charge in [0.2, 0.25) is 17.7 Å². The Balaban J connectivity index is -0.0000000270. The van der Waals surface area contributed by atoms with Gasteiger partial charge in [-0.1, -0.05) is 22.3 Å². The highest BCUT2D eigenvalue weighted by molar-refractivity contribution is 6.00. The van der Waals surface area contributed by atoms with Gasteiger partial charge in [0.15, 0.2) is 0 Å². The molecule has 5 amide bonds. The second kappa shape index (κ2) is 53.8. The Bertz CT molecular complexity index is 688. The van der Waals surface area contributed by atoms with E-state index >= 15 is 0 Å². The second-order valence-electron chi connectivity index (χ2n) is 5.58. The van der Waals surface area contributed by atoms with Crippen molar-refractivity contribution in [1.82, 2.24) is 16.0 Å². The second-order valence-corrected chi connectivity index (χ2v) is 5.58. The highest BCUT2D eigenvalue weighted by Crippen LogP contribution is 2.07. The summed E-state index contributed by atoms with van der Waals surface area (Å²) in [5, 5.41) is 53.7. The Morgan fingerprint density at radius 3 is 1.07 bits per heavy atom. The van der Waals surface area contributed by atoms with Gasteiger partial charge in [0.1, 0.15) is 0 Å². The summed E-state index contributed by atoms with van der Waals surface area (Å²) in [6, 6.07) is 0. The fourth-order valence-corrected chi connectivity index (χ4v) is 1.07. The zero-order valence-electron chi connectivity index (χ0n) is 21.2. The van der Waals surface area contributed by atoms with Crippen LogP contribution in [0.15, 0.2) is 0 Å². The van der Waals surface area contributed by atoms with Gasteiger partial charge >= 0.3 is 11.9 Å². The van der Waals surface area contributed by atoms with E-state index in [1.165, 1.54) is 17.9 Å². The number of primary amides is 1. The van der Waals surface area contributed by atoms with E-state index in [9.17, 15) is 33.6 Å². The Kier molecular flexibility index (Phi) is 96.5. The number of aliphatic carboxylic acids is 3. The van der Waals surface area contributed by atoms with E-state index < -0.39 is 47.4 Å². The van der Waals surface area contributed by atoms with Gasteiger partial charge < -0.3 is 48.2 Å². The van der Waals surface area contributed by atoms with Gasteiger partial charge in [-0.05, 0) is 0 Å². The van der Waals surface area contributed by atoms with Crippen molar-refractivity contribution in [2.75, 3.05) is 0 Å². The van der Waals surface area contributed by atoms with Crippen molar-refractivity contribution in [1.29, 1.82) is 0 Å². The molecule has 0 atom stereocenters. The van der Waals surface area contributed by atoms with Crippen LogP contribution in [0.3, 0.4) is 0 Å². The van der Waals surface area contributed by atoms with Crippen molar-refractivity contribution in [3.63, 3.8) is 0 Å². The topological polar surface area (TPSA) is 484 Å². The molecule has 0 radical (unpaired) electrons. The van der Waals surface area contributed by atoms with Crippen molar-refractivity contribution in [3.05, 3.63) is 0 Å². The molecule has 1 rings (SSSR count). The van der Waals surface area contributed by atoms with Crippen LogP contribution in [-0.2, 0) is 38.4 Å². The molecule has 0 aromatic heterocycles. The number of hydroxylamine groups is 4. The lowest BCUT2D eigenvalue weighted by molar-refractivity contribution is -0.171. The molecule has 43 heavy (non-hydrogen) atoms. The maximum absolute atomic E-state index is 10.2. The quantitative estimate of drug-likeness (QED) is 0.0734. The molecule has 21 N–H and O–H groups in total. The van der Waals surface area contributed by atoms with Crippen LogP contribution in [0.25, 0.3) is 0 Å². The number of carboxylic acids is 3. The van der Waals surface area contributed by atoms with E-state index in [0.29, 0.717) is 0 Å². The minimum Gasteiger partial charge on any atom is -0.481 e. The number of carboxylic acid groups (broad SMARTS) is 3. The molecule has 1 aliphatic rings. The van der Waals surface area contributed by atoms with Gasteiger partial charge in [0, 0.05) is 39.5 Å². The molecule has 1 heterocycles. The van der Waals surface area contributed by atoms with Crippen LogP contribution < -0.4 is 22.6 Å². The molecule has 0 spiro atoms. The fraction of sp³-hybridized carbons (Fsp3) is 0.579. The van der Waals surface area contributed by atoms with E-state index in [2.05, 4.69) is 5.90 Å². The van der Waals surface area contributed by atoms with Crippen LogP contribution in [0.4, 0.5) is 0 Å². The number of rotatable bonds is 6. The van der Waals surface area contributed by atoms with Gasteiger partial charge in [-0.2, -0.15) is 5.06 Å². The van der Waals surface area contributed by atoms with Crippen molar-refractivity contribution in [2.24, 2.45) is 11.6 Å². The van der Waals surface area contributed by atoms with Crippen LogP contribution in [0, 0.1) is 0 Å². The summed E-state index contributed by atoms with van der Waals surface area (Å²) < 4.78 is 0. The SMILES string of the molecule is C.C.C.CC(=O)NO.CC(=O)O.NC(=O)CCC(=O)NO.NO.O.O.O.O.O=C(O)CCC(=O)O.O=C1CCC(=O)N1O. The molecule has 0 unspecified atom stereocenters. The predicted octanol–water partition coefficient (Wildman–Crippen LogP) is -4.24. The van der Waals surface area contributed by atoms with Crippen LogP contribution in [0.5, 0.6) is 0 Å². The summed E-state index contributed by atoms with van der Waals surface area (Å²) in [7, 11) is 0. The molecular formula is C19H51N5O19. The van der Waals surface area contributed by atoms with E-state index in [0.717, 1.165) is 6.92 Å². The van der Waals surface area contributed by atoms with E-state index in [4.69, 9.17) is 46.7 Å². The van der Waals surface area contributed by atoms with Gasteiger partial charge in [-0.3, -0.25) is 54.0 Å². The molecule has 266 valence electrons. The van der Waals surface area contributed by atoms with Gasteiger partial charge in [-0.15, -0.1) is 0 Å². The summed E-state index contributed by atoms with van der Waals surface area (Å²) >= 11 is 0. The zero-order chi connectivity index (χ0) is 29.9. The van der Waals surface area contributed by atoms with Crippen molar-refractivity contribution < 1.29 is 96.4 Å². The first-order valence-electron chi connectivity index (χ1n) is 9.07. The molecule has 1 fully saturated rings. The van der Waals surface area contributed by atoms with E-state index in [-0.39, 0.29) is 87.8 Å². The number of carbonyl (C=O) groups excluding carboxylic acids is 5. The highest BCUT2D eigenvalue weighted by atomic mass is 16.5. The molecule has 24 heteroatoms. The summed E-state index contributed by atoms with van der Waals surface area (Å²) in [4.78, 5) is 78.3. The number of hydrogen-bond donors (Lipinski definition) is 11. The molecule has 0 aromatic rings. The molecule has 0 aliphatic carbocycles. The first kappa shape index (κ1) is 77.1. The zero-order valence-corrected chi connectivity index (χ0v) is 21.2. The Morgan fingerprint density at radius 2 is 0.953 bits per heavy atom. The predicted molar refractivity (Wildman–Crippen MR) is 145 cm³/mol. The number of carbonyl (C=O) groups is 8. The number of amides is 5. The third-order valence-electron chi connectivity index (χ3n) is 2.46. The van der Waals surface area contributed by atoms with Gasteiger partial charge in [0.05, 0.1) is 12.8 Å². The highest BCUT2D eigenvalue weighted by Gasteiger charge is 2.26. The van der Waals surface area contributed by atoms with Gasteiger partial charge in [0.25, 0.3) is 17.8 Å². The van der Waals surface area contributed by atoms with Crippen molar-refractivity contribution >= 4 is 47.4 Å². The molecule has 0 aromatic carbocycles. The molecule has 1 aliphatic heterocycles. The number of nitrogens with one attached hydrogen (secondary N) is 2. The van der Waals surface area contributed by atoms with E-state index in [1.807, 2.05) is 0 Å². The Morgan fingerprint density at radius 1 is 0.698 bits per heavy atom. The van der Waals surface area contributed by atoms with Crippen LogP contribution >= 0.6 is 0 Å². The first-order chi connectivity index (χ1) is 16.5. The summed E-state index contributed by atoms with van der Waals surface area (Å²) in [5.74, 6) is -2.10. The van der Waals surface area contributed by atoms with E-state index in [1.54, 1.807) is 0 Å². The first-order valence-corrected chi connectivity index (χ1v) is 9.07. The smallest absolute Gasteiger partial charge is 0.303 e. The van der Waals surface area contributed by atoms with Gasteiger partial charge in [-0.25, -0.2) is 16.9 Å². The van der Waals surface area contributed by atoms with Crippen LogP contribution in [0.1, 0.15) is 74.7 Å². The van der Waals surface area contributed by atoms with Crippen molar-refractivity contribution in [3.8, 4) is 0 Å². The molecule has 1 saturated heterocycles. The fourth-order valence-electron chi connectivity index (χ4n) is 1.07. The lowest BCUT2D eigenvalue weighted by Crippen LogP contribution is -2.24.